The number of benzene rings is 2. The van der Waals surface area contributed by atoms with E-state index in [1.165, 1.54) is 23.7 Å². The van der Waals surface area contributed by atoms with Crippen LogP contribution >= 0.6 is 11.5 Å². The highest BCUT2D eigenvalue weighted by Gasteiger charge is 2.20. The molecule has 0 saturated carbocycles. The fourth-order valence-electron chi connectivity index (χ4n) is 3.42. The first kappa shape index (κ1) is 17.8. The molecule has 1 aliphatic heterocycles. The number of ether oxygens (including phenoxy) is 1. The van der Waals surface area contributed by atoms with Crippen molar-refractivity contribution < 1.29 is 9.13 Å². The molecule has 1 N–H and O–H groups in total. The normalized spacial score (nSPS) is 16.8. The molecule has 1 aliphatic rings. The first-order valence-electron chi connectivity index (χ1n) is 8.81. The Bertz CT molecular complexity index is 976. The number of morpholine rings is 1. The minimum Gasteiger partial charge on any atom is -0.375 e. The lowest BCUT2D eigenvalue weighted by molar-refractivity contribution is 0.0293. The number of hydrogen-bond acceptors (Lipinski definition) is 5. The molecule has 0 radical (unpaired) electrons. The van der Waals surface area contributed by atoms with Gasteiger partial charge in [-0.2, -0.15) is 5.26 Å². The number of halogens is 1. The van der Waals surface area contributed by atoms with Crippen molar-refractivity contribution in [2.24, 2.45) is 0 Å². The number of rotatable bonds is 4. The number of nitriles is 1. The van der Waals surface area contributed by atoms with E-state index in [-0.39, 0.29) is 11.7 Å². The standard InChI is InChI=1S/C21H18FN3OS/c22-19-11-14(4-5-16(19)12-23)18-3-1-2-15(10-17-13-24-8-9-26-17)21(18)20-6-7-25-27-20/h1-7,11,17,24H,8-10,13H2/t17-/m1/s1. The van der Waals surface area contributed by atoms with Crippen molar-refractivity contribution in [3.8, 4) is 27.6 Å². The van der Waals surface area contributed by atoms with E-state index in [2.05, 4.69) is 15.8 Å². The van der Waals surface area contributed by atoms with Crippen LogP contribution in [0.5, 0.6) is 0 Å². The third kappa shape index (κ3) is 3.76. The lowest BCUT2D eigenvalue weighted by Gasteiger charge is -2.25. The van der Waals surface area contributed by atoms with E-state index in [0.717, 1.165) is 46.6 Å². The second kappa shape index (κ2) is 7.97. The fourth-order valence-corrected chi connectivity index (χ4v) is 4.11. The number of aromatic nitrogens is 1. The van der Waals surface area contributed by atoms with Gasteiger partial charge in [0.05, 0.1) is 23.2 Å². The zero-order chi connectivity index (χ0) is 18.6. The molecule has 0 amide bonds. The monoisotopic (exact) mass is 379 g/mol. The summed E-state index contributed by atoms with van der Waals surface area (Å²) in [7, 11) is 0. The summed E-state index contributed by atoms with van der Waals surface area (Å²) in [6, 6.07) is 14.7. The molecule has 2 heterocycles. The van der Waals surface area contributed by atoms with Gasteiger partial charge in [0.1, 0.15) is 11.9 Å². The molecule has 27 heavy (non-hydrogen) atoms. The highest BCUT2D eigenvalue weighted by molar-refractivity contribution is 7.09. The van der Waals surface area contributed by atoms with Gasteiger partial charge in [-0.3, -0.25) is 0 Å². The van der Waals surface area contributed by atoms with Crippen molar-refractivity contribution in [1.82, 2.24) is 9.69 Å². The summed E-state index contributed by atoms with van der Waals surface area (Å²) in [4.78, 5) is 1.04. The predicted octanol–water partition coefficient (Wildman–Crippen LogP) is 4.02. The van der Waals surface area contributed by atoms with Gasteiger partial charge in [-0.1, -0.05) is 24.3 Å². The summed E-state index contributed by atoms with van der Waals surface area (Å²) in [5, 5.41) is 12.4. The lowest BCUT2D eigenvalue weighted by atomic mass is 9.91. The van der Waals surface area contributed by atoms with E-state index in [4.69, 9.17) is 10.00 Å². The smallest absolute Gasteiger partial charge is 0.141 e. The number of nitrogens with one attached hydrogen (secondary N) is 1. The van der Waals surface area contributed by atoms with Crippen molar-refractivity contribution >= 4 is 11.5 Å². The van der Waals surface area contributed by atoms with Crippen LogP contribution < -0.4 is 5.32 Å². The molecule has 1 fully saturated rings. The van der Waals surface area contributed by atoms with Gasteiger partial charge in [0.15, 0.2) is 0 Å². The predicted molar refractivity (Wildman–Crippen MR) is 104 cm³/mol. The van der Waals surface area contributed by atoms with Crippen LogP contribution in [0, 0.1) is 17.1 Å². The van der Waals surface area contributed by atoms with Gasteiger partial charge in [0, 0.05) is 31.3 Å². The van der Waals surface area contributed by atoms with Crippen molar-refractivity contribution in [3.63, 3.8) is 0 Å². The Balaban J connectivity index is 1.80. The Labute approximate surface area is 161 Å². The third-order valence-electron chi connectivity index (χ3n) is 4.69. The summed E-state index contributed by atoms with van der Waals surface area (Å²) in [5.41, 5.74) is 3.94. The molecule has 0 spiro atoms. The summed E-state index contributed by atoms with van der Waals surface area (Å²) in [6.45, 7) is 2.40. The number of nitrogens with zero attached hydrogens (tertiary/aromatic N) is 2. The quantitative estimate of drug-likeness (QED) is 0.744. The van der Waals surface area contributed by atoms with Gasteiger partial charge in [-0.25, -0.2) is 8.76 Å². The molecular weight excluding hydrogens is 361 g/mol. The number of hydrogen-bond donors (Lipinski definition) is 1. The van der Waals surface area contributed by atoms with E-state index < -0.39 is 5.82 Å². The van der Waals surface area contributed by atoms with Crippen LogP contribution in [-0.4, -0.2) is 30.2 Å². The van der Waals surface area contributed by atoms with E-state index in [9.17, 15) is 4.39 Å². The molecule has 2 aromatic carbocycles. The van der Waals surface area contributed by atoms with Crippen LogP contribution in [0.1, 0.15) is 11.1 Å². The van der Waals surface area contributed by atoms with E-state index in [0.29, 0.717) is 6.61 Å². The SMILES string of the molecule is N#Cc1ccc(-c2cccc(C[C@@H]3CNCCO3)c2-c2ccns2)cc1F. The molecule has 0 bridgehead atoms. The van der Waals surface area contributed by atoms with Crippen molar-refractivity contribution in [2.45, 2.75) is 12.5 Å². The van der Waals surface area contributed by atoms with Crippen LogP contribution in [0.2, 0.25) is 0 Å². The maximum absolute atomic E-state index is 14.2. The van der Waals surface area contributed by atoms with Gasteiger partial charge in [0.25, 0.3) is 0 Å². The Kier molecular flexibility index (Phi) is 5.26. The Morgan fingerprint density at radius 3 is 2.93 bits per heavy atom. The highest BCUT2D eigenvalue weighted by atomic mass is 32.1. The molecule has 0 aliphatic carbocycles. The molecule has 1 aromatic heterocycles. The summed E-state index contributed by atoms with van der Waals surface area (Å²) < 4.78 is 24.3. The zero-order valence-electron chi connectivity index (χ0n) is 14.6. The van der Waals surface area contributed by atoms with E-state index >= 15 is 0 Å². The van der Waals surface area contributed by atoms with Crippen molar-refractivity contribution in [2.75, 3.05) is 19.7 Å². The van der Waals surface area contributed by atoms with Crippen LogP contribution in [0.4, 0.5) is 4.39 Å². The summed E-state index contributed by atoms with van der Waals surface area (Å²) >= 11 is 1.42. The first-order chi connectivity index (χ1) is 13.3. The summed E-state index contributed by atoms with van der Waals surface area (Å²) in [5.74, 6) is -0.504. The molecule has 1 atom stereocenters. The van der Waals surface area contributed by atoms with Crippen LogP contribution in [0.15, 0.2) is 48.7 Å². The maximum atomic E-state index is 14.2. The Hall–Kier alpha value is -2.59. The lowest BCUT2D eigenvalue weighted by Crippen LogP contribution is -2.39. The van der Waals surface area contributed by atoms with Gasteiger partial charge in [-0.15, -0.1) is 0 Å². The average molecular weight is 379 g/mol. The minimum absolute atomic E-state index is 0.0518. The van der Waals surface area contributed by atoms with Crippen molar-refractivity contribution in [1.29, 1.82) is 5.26 Å². The molecule has 0 unspecified atom stereocenters. The molecule has 136 valence electrons. The third-order valence-corrected chi connectivity index (χ3v) is 5.45. The molecule has 3 aromatic rings. The van der Waals surface area contributed by atoms with Crippen molar-refractivity contribution in [3.05, 3.63) is 65.6 Å². The molecule has 6 heteroatoms. The van der Waals surface area contributed by atoms with Crippen LogP contribution in [0.25, 0.3) is 21.6 Å². The first-order valence-corrected chi connectivity index (χ1v) is 9.59. The fraction of sp³-hybridized carbons (Fsp3) is 0.238. The Morgan fingerprint density at radius 1 is 1.30 bits per heavy atom. The van der Waals surface area contributed by atoms with E-state index in [1.807, 2.05) is 24.3 Å². The van der Waals surface area contributed by atoms with Gasteiger partial charge >= 0.3 is 0 Å². The van der Waals surface area contributed by atoms with Gasteiger partial charge in [-0.05, 0) is 46.4 Å². The second-order valence-electron chi connectivity index (χ2n) is 6.42. The average Bonchev–Trinajstić information content (AvgIpc) is 3.23. The molecular formula is C21H18FN3OS. The molecule has 4 rings (SSSR count). The van der Waals surface area contributed by atoms with Crippen LogP contribution in [-0.2, 0) is 11.2 Å². The highest BCUT2D eigenvalue weighted by Crippen LogP contribution is 2.38. The van der Waals surface area contributed by atoms with Gasteiger partial charge < -0.3 is 10.1 Å². The topological polar surface area (TPSA) is 57.9 Å². The van der Waals surface area contributed by atoms with Gasteiger partial charge in [0.2, 0.25) is 0 Å². The second-order valence-corrected chi connectivity index (χ2v) is 7.26. The summed E-state index contributed by atoms with van der Waals surface area (Å²) in [6.07, 6.45) is 2.66. The largest absolute Gasteiger partial charge is 0.375 e. The zero-order valence-corrected chi connectivity index (χ0v) is 15.4. The van der Waals surface area contributed by atoms with Crippen LogP contribution in [0.3, 0.4) is 0 Å². The minimum atomic E-state index is -0.504. The molecule has 4 nitrogen and oxygen atoms in total. The van der Waals surface area contributed by atoms with E-state index in [1.54, 1.807) is 12.3 Å². The maximum Gasteiger partial charge on any atom is 0.141 e. The Morgan fingerprint density at radius 2 is 2.22 bits per heavy atom. The molecule has 1 saturated heterocycles.